The Bertz CT molecular complexity index is 1340. The monoisotopic (exact) mass is 457 g/mol. The molecule has 0 spiro atoms. The van der Waals surface area contributed by atoms with Crippen molar-refractivity contribution in [1.29, 1.82) is 0 Å². The fraction of sp³-hybridized carbons (Fsp3) is 0.0833. The first-order valence-corrected chi connectivity index (χ1v) is 9.79. The lowest BCUT2D eigenvalue weighted by molar-refractivity contribution is -0.137. The maximum absolute atomic E-state index is 13.6. The molecule has 2 heterocycles. The third-order valence-electron chi connectivity index (χ3n) is 5.07. The molecule has 0 saturated heterocycles. The first kappa shape index (κ1) is 21.6. The molecule has 0 saturated carbocycles. The van der Waals surface area contributed by atoms with Gasteiger partial charge >= 0.3 is 12.1 Å². The van der Waals surface area contributed by atoms with E-state index < -0.39 is 29.1 Å². The number of nitrogens with zero attached hydrogens (tertiary/aromatic N) is 1. The zero-order chi connectivity index (χ0) is 23.0. The van der Waals surface area contributed by atoms with Gasteiger partial charge in [-0.15, -0.1) is 0 Å². The summed E-state index contributed by atoms with van der Waals surface area (Å²) in [7, 11) is 1.28. The molecule has 0 aliphatic heterocycles. The third-order valence-corrected chi connectivity index (χ3v) is 5.39. The first-order chi connectivity index (χ1) is 15.2. The Balaban J connectivity index is 1.88. The van der Waals surface area contributed by atoms with Gasteiger partial charge in [-0.1, -0.05) is 35.9 Å². The van der Waals surface area contributed by atoms with Crippen LogP contribution in [0, 0.1) is 0 Å². The number of methoxy groups -OCH3 is 1. The van der Waals surface area contributed by atoms with E-state index in [0.29, 0.717) is 22.2 Å². The molecule has 0 aliphatic carbocycles. The van der Waals surface area contributed by atoms with Crippen molar-refractivity contribution in [3.05, 3.63) is 100 Å². The number of benzene rings is 2. The Morgan fingerprint density at radius 1 is 0.969 bits per heavy atom. The molecule has 8 heteroatoms. The molecule has 32 heavy (non-hydrogen) atoms. The molecule has 0 bridgehead atoms. The van der Waals surface area contributed by atoms with Gasteiger partial charge in [0.05, 0.1) is 40.0 Å². The van der Waals surface area contributed by atoms with E-state index in [-0.39, 0.29) is 10.7 Å². The molecule has 2 aromatic carbocycles. The van der Waals surface area contributed by atoms with E-state index in [1.165, 1.54) is 23.6 Å². The van der Waals surface area contributed by atoms with Crippen molar-refractivity contribution >= 4 is 28.9 Å². The second-order valence-electron chi connectivity index (χ2n) is 6.96. The quantitative estimate of drug-likeness (QED) is 0.267. The van der Waals surface area contributed by atoms with Crippen molar-refractivity contribution in [3.8, 4) is 11.1 Å². The summed E-state index contributed by atoms with van der Waals surface area (Å²) in [5, 5.41) is -0.278. The highest BCUT2D eigenvalue weighted by Gasteiger charge is 2.37. The molecule has 162 valence electrons. The van der Waals surface area contributed by atoms with Crippen LogP contribution in [-0.2, 0) is 10.9 Å². The Labute approximate surface area is 185 Å². The van der Waals surface area contributed by atoms with Gasteiger partial charge in [-0.05, 0) is 48.0 Å². The molecule has 0 N–H and O–H groups in total. The molecular weight excluding hydrogens is 443 g/mol. The summed E-state index contributed by atoms with van der Waals surface area (Å²) >= 11 is 6.04. The SMILES string of the molecule is COC(=O)c1ccc(-c2cc(C(=O)c3c(Cl)cccc3C(F)(F)F)n3ccccc23)cc1. The number of hydrogen-bond donors (Lipinski definition) is 0. The fourth-order valence-corrected chi connectivity index (χ4v) is 3.84. The largest absolute Gasteiger partial charge is 0.465 e. The topological polar surface area (TPSA) is 47.8 Å². The molecule has 0 radical (unpaired) electrons. The number of pyridine rings is 1. The number of aromatic nitrogens is 1. The van der Waals surface area contributed by atoms with E-state index in [2.05, 4.69) is 0 Å². The second-order valence-corrected chi connectivity index (χ2v) is 7.36. The van der Waals surface area contributed by atoms with Crippen LogP contribution in [0.15, 0.2) is 72.9 Å². The average molecular weight is 458 g/mol. The average Bonchev–Trinajstić information content (AvgIpc) is 3.17. The molecule has 0 unspecified atom stereocenters. The highest BCUT2D eigenvalue weighted by atomic mass is 35.5. The highest BCUT2D eigenvalue weighted by molar-refractivity contribution is 6.35. The van der Waals surface area contributed by atoms with Gasteiger partial charge in [0, 0.05) is 11.8 Å². The van der Waals surface area contributed by atoms with E-state index in [9.17, 15) is 22.8 Å². The highest BCUT2D eigenvalue weighted by Crippen LogP contribution is 2.37. The van der Waals surface area contributed by atoms with Crippen molar-refractivity contribution in [1.82, 2.24) is 4.40 Å². The van der Waals surface area contributed by atoms with Gasteiger partial charge in [-0.2, -0.15) is 13.2 Å². The van der Waals surface area contributed by atoms with E-state index >= 15 is 0 Å². The number of halogens is 4. The Hall–Kier alpha value is -3.58. The minimum absolute atomic E-state index is 0.0336. The number of rotatable bonds is 4. The van der Waals surface area contributed by atoms with Crippen molar-refractivity contribution < 1.29 is 27.5 Å². The molecule has 4 aromatic rings. The first-order valence-electron chi connectivity index (χ1n) is 9.41. The predicted octanol–water partition coefficient (Wildman–Crippen LogP) is 6.30. The standard InChI is InChI=1S/C24H15ClF3NO3/c1-32-23(31)15-10-8-14(9-11-15)16-13-20(29-12-3-2-7-19(16)29)22(30)21-17(24(26,27)28)5-4-6-18(21)25/h2-13H,1H3. The van der Waals surface area contributed by atoms with Gasteiger partial charge in [0.1, 0.15) is 0 Å². The van der Waals surface area contributed by atoms with Crippen LogP contribution in [0.5, 0.6) is 0 Å². The smallest absolute Gasteiger partial charge is 0.417 e. The Morgan fingerprint density at radius 2 is 1.69 bits per heavy atom. The van der Waals surface area contributed by atoms with Gasteiger partial charge in [0.25, 0.3) is 0 Å². The molecule has 4 rings (SSSR count). The summed E-state index contributed by atoms with van der Waals surface area (Å²) in [6.07, 6.45) is -3.14. The lowest BCUT2D eigenvalue weighted by atomic mass is 10.00. The van der Waals surface area contributed by atoms with Crippen molar-refractivity contribution in [2.45, 2.75) is 6.18 Å². The molecule has 0 amide bonds. The predicted molar refractivity (Wildman–Crippen MR) is 114 cm³/mol. The molecule has 4 nitrogen and oxygen atoms in total. The van der Waals surface area contributed by atoms with Crippen LogP contribution in [0.2, 0.25) is 5.02 Å². The third kappa shape index (κ3) is 3.76. The van der Waals surface area contributed by atoms with E-state index in [0.717, 1.165) is 12.1 Å². The lowest BCUT2D eigenvalue weighted by Crippen LogP contribution is -2.15. The maximum Gasteiger partial charge on any atom is 0.417 e. The minimum Gasteiger partial charge on any atom is -0.465 e. The number of alkyl halides is 3. The van der Waals surface area contributed by atoms with Crippen LogP contribution in [-0.4, -0.2) is 23.3 Å². The number of ether oxygens (including phenoxy) is 1. The van der Waals surface area contributed by atoms with Gasteiger partial charge < -0.3 is 9.14 Å². The van der Waals surface area contributed by atoms with Crippen LogP contribution < -0.4 is 0 Å². The Kier molecular flexibility index (Phi) is 5.52. The van der Waals surface area contributed by atoms with E-state index in [1.54, 1.807) is 48.7 Å². The molecule has 0 aliphatic rings. The number of fused-ring (bicyclic) bond motifs is 1. The zero-order valence-electron chi connectivity index (χ0n) is 16.6. The van der Waals surface area contributed by atoms with Crippen LogP contribution in [0.3, 0.4) is 0 Å². The summed E-state index contributed by atoms with van der Waals surface area (Å²) < 4.78 is 46.9. The fourth-order valence-electron chi connectivity index (χ4n) is 3.58. The maximum atomic E-state index is 13.6. The molecular formula is C24H15ClF3NO3. The second kappa shape index (κ2) is 8.16. The number of hydrogen-bond acceptors (Lipinski definition) is 3. The lowest BCUT2D eigenvalue weighted by Gasteiger charge is -2.13. The van der Waals surface area contributed by atoms with Gasteiger partial charge in [0.15, 0.2) is 0 Å². The molecule has 0 atom stereocenters. The summed E-state index contributed by atoms with van der Waals surface area (Å²) in [5.41, 5.74) is 0.597. The summed E-state index contributed by atoms with van der Waals surface area (Å²) in [5.74, 6) is -1.34. The van der Waals surface area contributed by atoms with Gasteiger partial charge in [0.2, 0.25) is 5.78 Å². The van der Waals surface area contributed by atoms with E-state index in [1.807, 2.05) is 0 Å². The van der Waals surface area contributed by atoms with Crippen molar-refractivity contribution in [3.63, 3.8) is 0 Å². The number of carbonyl (C=O) groups is 2. The summed E-state index contributed by atoms with van der Waals surface area (Å²) in [6, 6.07) is 16.5. The molecule has 2 aromatic heterocycles. The minimum atomic E-state index is -4.74. The van der Waals surface area contributed by atoms with Crippen molar-refractivity contribution in [2.24, 2.45) is 0 Å². The van der Waals surface area contributed by atoms with Crippen LogP contribution >= 0.6 is 11.6 Å². The van der Waals surface area contributed by atoms with Crippen LogP contribution in [0.25, 0.3) is 16.6 Å². The van der Waals surface area contributed by atoms with Crippen molar-refractivity contribution in [2.75, 3.05) is 7.11 Å². The Morgan fingerprint density at radius 3 is 2.34 bits per heavy atom. The summed E-state index contributed by atoms with van der Waals surface area (Å²) in [6.45, 7) is 0. The number of ketones is 1. The number of carbonyl (C=O) groups excluding carboxylic acids is 2. The van der Waals surface area contributed by atoms with Crippen LogP contribution in [0.4, 0.5) is 13.2 Å². The van der Waals surface area contributed by atoms with Crippen LogP contribution in [0.1, 0.15) is 32.0 Å². The van der Waals surface area contributed by atoms with Gasteiger partial charge in [-0.25, -0.2) is 4.79 Å². The van der Waals surface area contributed by atoms with E-state index in [4.69, 9.17) is 16.3 Å². The molecule has 0 fully saturated rings. The number of esters is 1. The summed E-state index contributed by atoms with van der Waals surface area (Å²) in [4.78, 5) is 25.0. The zero-order valence-corrected chi connectivity index (χ0v) is 17.4. The normalized spacial score (nSPS) is 11.5. The van der Waals surface area contributed by atoms with Gasteiger partial charge in [-0.3, -0.25) is 4.79 Å².